The molecule has 0 aliphatic rings. The van der Waals surface area contributed by atoms with Crippen LogP contribution in [-0.2, 0) is 0 Å². The highest BCUT2D eigenvalue weighted by atomic mass is 35.5. The highest BCUT2D eigenvalue weighted by Crippen LogP contribution is 2.26. The molecule has 2 atom stereocenters. The summed E-state index contributed by atoms with van der Waals surface area (Å²) in [5.74, 6) is 1.44. The third-order valence-corrected chi connectivity index (χ3v) is 3.28. The molecule has 84 valence electrons. The van der Waals surface area contributed by atoms with Crippen LogP contribution < -0.4 is 0 Å². The van der Waals surface area contributed by atoms with Gasteiger partial charge in [-0.05, 0) is 36.0 Å². The van der Waals surface area contributed by atoms with Crippen molar-refractivity contribution in [2.75, 3.05) is 5.88 Å². The van der Waals surface area contributed by atoms with Gasteiger partial charge in [-0.2, -0.15) is 0 Å². The molecule has 0 bridgehead atoms. The number of halogens is 2. The summed E-state index contributed by atoms with van der Waals surface area (Å²) < 4.78 is 12.7. The third kappa shape index (κ3) is 3.83. The second-order valence-electron chi connectivity index (χ2n) is 4.15. The van der Waals surface area contributed by atoms with Crippen LogP contribution in [0.2, 0.25) is 0 Å². The van der Waals surface area contributed by atoms with Crippen molar-refractivity contribution < 1.29 is 4.39 Å². The quantitative estimate of drug-likeness (QED) is 0.647. The van der Waals surface area contributed by atoms with Gasteiger partial charge in [-0.15, -0.1) is 11.6 Å². The van der Waals surface area contributed by atoms with E-state index in [1.165, 1.54) is 12.1 Å². The van der Waals surface area contributed by atoms with Crippen molar-refractivity contribution in [2.45, 2.75) is 32.6 Å². The van der Waals surface area contributed by atoms with Crippen LogP contribution >= 0.6 is 11.6 Å². The largest absolute Gasteiger partial charge is 0.207 e. The molecular formula is C13H18ClF. The number of hydrogen-bond donors (Lipinski definition) is 0. The van der Waals surface area contributed by atoms with Gasteiger partial charge >= 0.3 is 0 Å². The Hall–Kier alpha value is -0.560. The molecule has 0 saturated heterocycles. The third-order valence-electron chi connectivity index (χ3n) is 2.91. The average molecular weight is 229 g/mol. The van der Waals surface area contributed by atoms with Crippen molar-refractivity contribution >= 4 is 11.6 Å². The van der Waals surface area contributed by atoms with E-state index in [0.29, 0.717) is 17.7 Å². The molecule has 2 heteroatoms. The SMILES string of the molecule is CCC(C)CC(CCl)c1ccc(F)cc1. The summed E-state index contributed by atoms with van der Waals surface area (Å²) in [6.07, 6.45) is 2.24. The number of benzene rings is 1. The molecule has 0 N–H and O–H groups in total. The summed E-state index contributed by atoms with van der Waals surface area (Å²) in [4.78, 5) is 0. The highest BCUT2D eigenvalue weighted by Gasteiger charge is 2.13. The first-order chi connectivity index (χ1) is 7.17. The van der Waals surface area contributed by atoms with Gasteiger partial charge in [-0.1, -0.05) is 32.4 Å². The Kier molecular flexibility index (Phi) is 5.10. The van der Waals surface area contributed by atoms with Crippen LogP contribution in [0.1, 0.15) is 38.2 Å². The molecule has 0 nitrogen and oxygen atoms in total. The zero-order valence-electron chi connectivity index (χ0n) is 9.34. The molecule has 0 spiro atoms. The van der Waals surface area contributed by atoms with Gasteiger partial charge in [0.2, 0.25) is 0 Å². The Balaban J connectivity index is 2.69. The van der Waals surface area contributed by atoms with E-state index in [1.54, 1.807) is 0 Å². The van der Waals surface area contributed by atoms with Crippen molar-refractivity contribution in [3.63, 3.8) is 0 Å². The van der Waals surface area contributed by atoms with Crippen LogP contribution in [0.3, 0.4) is 0 Å². The Morgan fingerprint density at radius 3 is 2.33 bits per heavy atom. The molecule has 1 rings (SSSR count). The second-order valence-corrected chi connectivity index (χ2v) is 4.46. The maximum atomic E-state index is 12.7. The summed E-state index contributed by atoms with van der Waals surface area (Å²) in [5, 5.41) is 0. The molecule has 0 saturated carbocycles. The minimum Gasteiger partial charge on any atom is -0.207 e. The van der Waals surface area contributed by atoms with Gasteiger partial charge in [0, 0.05) is 5.88 Å². The first-order valence-corrected chi connectivity index (χ1v) is 6.02. The van der Waals surface area contributed by atoms with Crippen molar-refractivity contribution in [1.29, 1.82) is 0 Å². The van der Waals surface area contributed by atoms with E-state index in [-0.39, 0.29) is 5.82 Å². The lowest BCUT2D eigenvalue weighted by molar-refractivity contribution is 0.473. The van der Waals surface area contributed by atoms with Crippen molar-refractivity contribution in [2.24, 2.45) is 5.92 Å². The van der Waals surface area contributed by atoms with Crippen LogP contribution in [0.25, 0.3) is 0 Å². The number of rotatable bonds is 5. The Morgan fingerprint density at radius 2 is 1.87 bits per heavy atom. The van der Waals surface area contributed by atoms with Gasteiger partial charge in [0.1, 0.15) is 5.82 Å². The van der Waals surface area contributed by atoms with Crippen LogP contribution in [0.15, 0.2) is 24.3 Å². The van der Waals surface area contributed by atoms with E-state index < -0.39 is 0 Å². The van der Waals surface area contributed by atoms with E-state index in [0.717, 1.165) is 18.4 Å². The minimum atomic E-state index is -0.185. The lowest BCUT2D eigenvalue weighted by Crippen LogP contribution is -2.06. The fraction of sp³-hybridized carbons (Fsp3) is 0.538. The van der Waals surface area contributed by atoms with E-state index in [9.17, 15) is 4.39 Å². The Labute approximate surface area is 96.5 Å². The Bertz CT molecular complexity index is 281. The fourth-order valence-electron chi connectivity index (χ4n) is 1.68. The van der Waals surface area contributed by atoms with Gasteiger partial charge in [-0.3, -0.25) is 0 Å². The summed E-state index contributed by atoms with van der Waals surface area (Å²) in [6, 6.07) is 6.69. The normalized spacial score (nSPS) is 14.9. The molecule has 0 heterocycles. The van der Waals surface area contributed by atoms with E-state index >= 15 is 0 Å². The minimum absolute atomic E-state index is 0.185. The lowest BCUT2D eigenvalue weighted by atomic mass is 9.90. The predicted octanol–water partition coefficient (Wildman–Crippen LogP) is 4.58. The maximum Gasteiger partial charge on any atom is 0.123 e. The van der Waals surface area contributed by atoms with E-state index in [2.05, 4.69) is 13.8 Å². The topological polar surface area (TPSA) is 0 Å². The van der Waals surface area contributed by atoms with Gasteiger partial charge in [0.25, 0.3) is 0 Å². The highest BCUT2D eigenvalue weighted by molar-refractivity contribution is 6.18. The first-order valence-electron chi connectivity index (χ1n) is 5.48. The molecule has 1 aromatic rings. The maximum absolute atomic E-state index is 12.7. The van der Waals surface area contributed by atoms with E-state index in [4.69, 9.17) is 11.6 Å². The smallest absolute Gasteiger partial charge is 0.123 e. The van der Waals surface area contributed by atoms with Crippen molar-refractivity contribution in [3.8, 4) is 0 Å². The molecule has 0 radical (unpaired) electrons. The van der Waals surface area contributed by atoms with Gasteiger partial charge in [0.15, 0.2) is 0 Å². The van der Waals surface area contributed by atoms with Crippen LogP contribution in [0.4, 0.5) is 4.39 Å². The predicted molar refractivity (Wildman–Crippen MR) is 63.9 cm³/mol. The summed E-state index contributed by atoms with van der Waals surface area (Å²) in [7, 11) is 0. The van der Waals surface area contributed by atoms with Crippen LogP contribution in [0, 0.1) is 11.7 Å². The first kappa shape index (κ1) is 12.5. The van der Waals surface area contributed by atoms with E-state index in [1.807, 2.05) is 12.1 Å². The van der Waals surface area contributed by atoms with Crippen LogP contribution in [-0.4, -0.2) is 5.88 Å². The van der Waals surface area contributed by atoms with Crippen molar-refractivity contribution in [3.05, 3.63) is 35.6 Å². The monoisotopic (exact) mass is 228 g/mol. The van der Waals surface area contributed by atoms with Crippen LogP contribution in [0.5, 0.6) is 0 Å². The zero-order chi connectivity index (χ0) is 11.3. The molecule has 0 aliphatic heterocycles. The van der Waals surface area contributed by atoms with Gasteiger partial charge < -0.3 is 0 Å². The summed E-state index contributed by atoms with van der Waals surface area (Å²) in [6.45, 7) is 4.41. The molecule has 15 heavy (non-hydrogen) atoms. The van der Waals surface area contributed by atoms with Gasteiger partial charge in [-0.25, -0.2) is 4.39 Å². The zero-order valence-corrected chi connectivity index (χ0v) is 10.1. The van der Waals surface area contributed by atoms with Gasteiger partial charge in [0.05, 0.1) is 0 Å². The Morgan fingerprint density at radius 1 is 1.27 bits per heavy atom. The second kappa shape index (κ2) is 6.12. The fourth-order valence-corrected chi connectivity index (χ4v) is 1.98. The number of alkyl halides is 1. The molecule has 0 fully saturated rings. The molecule has 0 aromatic heterocycles. The lowest BCUT2D eigenvalue weighted by Gasteiger charge is -2.18. The molecule has 0 aliphatic carbocycles. The standard InChI is InChI=1S/C13H18ClF/c1-3-10(2)8-12(9-14)11-4-6-13(15)7-5-11/h4-7,10,12H,3,8-9H2,1-2H3. The molecule has 1 aromatic carbocycles. The van der Waals surface area contributed by atoms with Crippen molar-refractivity contribution in [1.82, 2.24) is 0 Å². The molecule has 0 amide bonds. The number of hydrogen-bond acceptors (Lipinski definition) is 0. The summed E-state index contributed by atoms with van der Waals surface area (Å²) >= 11 is 5.95. The average Bonchev–Trinajstić information content (AvgIpc) is 2.27. The summed E-state index contributed by atoms with van der Waals surface area (Å²) in [5.41, 5.74) is 1.15. The molecular weight excluding hydrogens is 211 g/mol. The molecule has 2 unspecified atom stereocenters.